The van der Waals surface area contributed by atoms with Gasteiger partial charge in [0.05, 0.1) is 13.1 Å². The van der Waals surface area contributed by atoms with Gasteiger partial charge < -0.3 is 10.2 Å². The molecule has 4 nitrogen and oxygen atoms in total. The first kappa shape index (κ1) is 17.8. The lowest BCUT2D eigenvalue weighted by atomic mass is 9.89. The fraction of sp³-hybridized carbons (Fsp3) is 0.300. The highest BCUT2D eigenvalue weighted by Gasteiger charge is 2.28. The molecule has 0 aliphatic carbocycles. The van der Waals surface area contributed by atoms with E-state index < -0.39 is 0 Å². The van der Waals surface area contributed by atoms with E-state index in [9.17, 15) is 9.59 Å². The van der Waals surface area contributed by atoms with E-state index >= 15 is 0 Å². The quantitative estimate of drug-likeness (QED) is 0.756. The van der Waals surface area contributed by atoms with Crippen molar-refractivity contribution >= 4 is 33.3 Å². The molecular weight excluding hydrogens is 380 g/mol. The first-order valence-electron chi connectivity index (χ1n) is 8.60. The highest BCUT2D eigenvalue weighted by Crippen LogP contribution is 2.17. The third-order valence-corrected chi connectivity index (χ3v) is 5.19. The van der Waals surface area contributed by atoms with Crippen LogP contribution in [-0.2, 0) is 4.79 Å². The van der Waals surface area contributed by atoms with Crippen LogP contribution in [-0.4, -0.2) is 31.3 Å². The molecule has 2 N–H and O–H groups in total. The summed E-state index contributed by atoms with van der Waals surface area (Å²) in [5, 5.41) is 2.93. The van der Waals surface area contributed by atoms with Gasteiger partial charge in [-0.2, -0.15) is 0 Å². The molecule has 0 saturated carbocycles. The summed E-state index contributed by atoms with van der Waals surface area (Å²) in [4.78, 5) is 25.9. The molecule has 0 atom stereocenters. The molecule has 25 heavy (non-hydrogen) atoms. The third-order valence-electron chi connectivity index (χ3n) is 4.66. The number of anilines is 1. The lowest BCUT2D eigenvalue weighted by Gasteiger charge is -2.28. The third kappa shape index (κ3) is 5.00. The van der Waals surface area contributed by atoms with E-state index in [0.717, 1.165) is 41.7 Å². The molecule has 5 heteroatoms. The van der Waals surface area contributed by atoms with Gasteiger partial charge in [-0.25, -0.2) is 0 Å². The molecule has 0 unspecified atom stereocenters. The minimum Gasteiger partial charge on any atom is -0.327 e. The molecule has 130 valence electrons. The second kappa shape index (κ2) is 8.41. The van der Waals surface area contributed by atoms with E-state index in [4.69, 9.17) is 0 Å². The number of Topliss-reactive ketones (excluding diaryl/α,β-unsaturated/α-hetero) is 1. The Hall–Kier alpha value is -1.98. The number of carbonyl (C=O) groups is 2. The number of hydrogen-bond donors (Lipinski definition) is 2. The lowest BCUT2D eigenvalue weighted by Crippen LogP contribution is -3.14. The summed E-state index contributed by atoms with van der Waals surface area (Å²) < 4.78 is 0.987. The number of halogens is 1. The predicted molar refractivity (Wildman–Crippen MR) is 102 cm³/mol. The molecule has 0 spiro atoms. The van der Waals surface area contributed by atoms with Crippen LogP contribution in [0.25, 0.3) is 0 Å². The Kier molecular flexibility index (Phi) is 6.00. The van der Waals surface area contributed by atoms with Crippen LogP contribution in [0.3, 0.4) is 0 Å². The summed E-state index contributed by atoms with van der Waals surface area (Å²) in [6.07, 6.45) is 1.68. The molecule has 2 aromatic rings. The number of carbonyl (C=O) groups excluding carboxylic acids is 2. The van der Waals surface area contributed by atoms with Crippen LogP contribution in [0.1, 0.15) is 23.2 Å². The van der Waals surface area contributed by atoms with Crippen molar-refractivity contribution in [3.8, 4) is 0 Å². The molecule has 1 aliphatic rings. The van der Waals surface area contributed by atoms with Crippen molar-refractivity contribution in [2.45, 2.75) is 12.8 Å². The average molecular weight is 402 g/mol. The Morgan fingerprint density at radius 3 is 2.28 bits per heavy atom. The van der Waals surface area contributed by atoms with Crippen molar-refractivity contribution in [1.82, 2.24) is 0 Å². The van der Waals surface area contributed by atoms with Crippen LogP contribution in [0, 0.1) is 5.92 Å². The molecule has 2 aromatic carbocycles. The summed E-state index contributed by atoms with van der Waals surface area (Å²) in [7, 11) is 0. The maximum Gasteiger partial charge on any atom is 0.279 e. The summed E-state index contributed by atoms with van der Waals surface area (Å²) in [6, 6.07) is 17.1. The monoisotopic (exact) mass is 401 g/mol. The van der Waals surface area contributed by atoms with Crippen molar-refractivity contribution in [1.29, 1.82) is 0 Å². The lowest BCUT2D eigenvalue weighted by molar-refractivity contribution is -0.897. The van der Waals surface area contributed by atoms with E-state index in [2.05, 4.69) is 21.2 Å². The first-order chi connectivity index (χ1) is 12.1. The Morgan fingerprint density at radius 1 is 1.00 bits per heavy atom. The molecule has 3 rings (SSSR count). The van der Waals surface area contributed by atoms with E-state index in [0.29, 0.717) is 6.54 Å². The van der Waals surface area contributed by atoms with E-state index in [-0.39, 0.29) is 17.6 Å². The number of quaternary nitrogens is 1. The van der Waals surface area contributed by atoms with Gasteiger partial charge in [0.25, 0.3) is 5.91 Å². The van der Waals surface area contributed by atoms with Gasteiger partial charge in [-0.3, -0.25) is 9.59 Å². The highest BCUT2D eigenvalue weighted by atomic mass is 79.9. The molecule has 0 aromatic heterocycles. The molecule has 1 heterocycles. The van der Waals surface area contributed by atoms with Crippen molar-refractivity contribution in [3.05, 3.63) is 64.6 Å². The largest absolute Gasteiger partial charge is 0.327 e. The zero-order chi connectivity index (χ0) is 17.6. The van der Waals surface area contributed by atoms with Gasteiger partial charge in [0, 0.05) is 34.5 Å². The van der Waals surface area contributed by atoms with Gasteiger partial charge in [-0.1, -0.05) is 46.3 Å². The molecule has 1 fully saturated rings. The number of ketones is 1. The zero-order valence-electron chi connectivity index (χ0n) is 14.0. The van der Waals surface area contributed by atoms with Crippen molar-refractivity contribution < 1.29 is 14.5 Å². The number of benzene rings is 2. The minimum absolute atomic E-state index is 0.0187. The van der Waals surface area contributed by atoms with Crippen LogP contribution >= 0.6 is 15.9 Å². The Labute approximate surface area is 156 Å². The van der Waals surface area contributed by atoms with Crippen molar-refractivity contribution in [3.63, 3.8) is 0 Å². The molecule has 1 amide bonds. The number of nitrogens with one attached hydrogen (secondary N) is 2. The zero-order valence-corrected chi connectivity index (χ0v) is 15.6. The summed E-state index contributed by atoms with van der Waals surface area (Å²) in [5.74, 6) is 0.338. The normalized spacial score (nSPS) is 20.0. The van der Waals surface area contributed by atoms with Gasteiger partial charge in [0.1, 0.15) is 0 Å². The predicted octanol–water partition coefficient (Wildman–Crippen LogP) is 2.57. The maximum absolute atomic E-state index is 12.5. The van der Waals surface area contributed by atoms with Crippen LogP contribution in [0.2, 0.25) is 0 Å². The second-order valence-corrected chi connectivity index (χ2v) is 7.40. The number of likely N-dealkylation sites (tertiary alicyclic amines) is 1. The van der Waals surface area contributed by atoms with Gasteiger partial charge in [0.15, 0.2) is 12.3 Å². The number of amides is 1. The smallest absolute Gasteiger partial charge is 0.279 e. The van der Waals surface area contributed by atoms with Crippen LogP contribution in [0.5, 0.6) is 0 Å². The molecule has 0 bridgehead atoms. The van der Waals surface area contributed by atoms with E-state index in [1.807, 2.05) is 54.6 Å². The standard InChI is InChI=1S/C20H21BrN2O2/c21-17-6-8-18(9-7-17)22-19(24)14-23-12-10-16(11-13-23)20(25)15-4-2-1-3-5-15/h1-9,16H,10-14H2,(H,22,24)/p+1. The Morgan fingerprint density at radius 2 is 1.64 bits per heavy atom. The van der Waals surface area contributed by atoms with Crippen LogP contribution in [0.15, 0.2) is 59.1 Å². The topological polar surface area (TPSA) is 50.6 Å². The summed E-state index contributed by atoms with van der Waals surface area (Å²) in [5.41, 5.74) is 1.60. The highest BCUT2D eigenvalue weighted by molar-refractivity contribution is 9.10. The fourth-order valence-electron chi connectivity index (χ4n) is 3.27. The Bertz CT molecular complexity index is 723. The second-order valence-electron chi connectivity index (χ2n) is 6.49. The van der Waals surface area contributed by atoms with Gasteiger partial charge in [-0.15, -0.1) is 0 Å². The molecular formula is C20H22BrN2O2+. The van der Waals surface area contributed by atoms with E-state index in [1.54, 1.807) is 0 Å². The summed E-state index contributed by atoms with van der Waals surface area (Å²) in [6.45, 7) is 2.16. The van der Waals surface area contributed by atoms with Crippen molar-refractivity contribution in [2.24, 2.45) is 5.92 Å². The fourth-order valence-corrected chi connectivity index (χ4v) is 3.53. The molecule has 1 aliphatic heterocycles. The molecule has 1 saturated heterocycles. The van der Waals surface area contributed by atoms with Gasteiger partial charge in [0.2, 0.25) is 0 Å². The number of hydrogen-bond acceptors (Lipinski definition) is 2. The first-order valence-corrected chi connectivity index (χ1v) is 9.39. The Balaban J connectivity index is 1.46. The van der Waals surface area contributed by atoms with Crippen LogP contribution in [0.4, 0.5) is 5.69 Å². The van der Waals surface area contributed by atoms with Crippen molar-refractivity contribution in [2.75, 3.05) is 25.0 Å². The molecule has 0 radical (unpaired) electrons. The van der Waals surface area contributed by atoms with Gasteiger partial charge in [-0.05, 0) is 24.3 Å². The minimum atomic E-state index is 0.0187. The SMILES string of the molecule is O=C(C[NH+]1CCC(C(=O)c2ccccc2)CC1)Nc1ccc(Br)cc1. The van der Waals surface area contributed by atoms with E-state index in [1.165, 1.54) is 4.90 Å². The van der Waals surface area contributed by atoms with Crippen LogP contribution < -0.4 is 10.2 Å². The summed E-state index contributed by atoms with van der Waals surface area (Å²) >= 11 is 3.38. The van der Waals surface area contributed by atoms with Gasteiger partial charge >= 0.3 is 0 Å². The number of rotatable bonds is 5. The maximum atomic E-state index is 12.5. The number of piperidine rings is 1. The average Bonchev–Trinajstić information content (AvgIpc) is 2.64.